The second kappa shape index (κ2) is 10.1. The van der Waals surface area contributed by atoms with Gasteiger partial charge in [0.1, 0.15) is 5.82 Å². The Balaban J connectivity index is 1.68. The first-order chi connectivity index (χ1) is 16.1. The van der Waals surface area contributed by atoms with Crippen LogP contribution < -0.4 is 5.56 Å². The van der Waals surface area contributed by atoms with Crippen LogP contribution in [0.15, 0.2) is 83.7 Å². The molecule has 33 heavy (non-hydrogen) atoms. The first-order valence-electron chi connectivity index (χ1n) is 11.3. The Bertz CT molecular complexity index is 1350. The molecule has 0 aliphatic carbocycles. The second-order valence-corrected chi connectivity index (χ2v) is 8.25. The Kier molecular flexibility index (Phi) is 6.80. The van der Waals surface area contributed by atoms with Crippen molar-refractivity contribution in [2.45, 2.75) is 39.7 Å². The third-order valence-electron chi connectivity index (χ3n) is 5.99. The predicted molar refractivity (Wildman–Crippen MR) is 132 cm³/mol. The van der Waals surface area contributed by atoms with Crippen LogP contribution in [0.2, 0.25) is 0 Å². The summed E-state index contributed by atoms with van der Waals surface area (Å²) >= 11 is 0. The third kappa shape index (κ3) is 4.94. The molecular weight excluding hydrogens is 406 g/mol. The Labute approximate surface area is 194 Å². The summed E-state index contributed by atoms with van der Waals surface area (Å²) in [6, 6.07) is 28.3. The van der Waals surface area contributed by atoms with Crippen molar-refractivity contribution < 1.29 is 0 Å². The molecule has 0 N–H and O–H groups in total. The first-order valence-corrected chi connectivity index (χ1v) is 11.3. The molecule has 0 saturated heterocycles. The van der Waals surface area contributed by atoms with Crippen LogP contribution in [0.25, 0.3) is 11.1 Å². The van der Waals surface area contributed by atoms with Crippen LogP contribution in [0, 0.1) is 18.3 Å². The van der Waals surface area contributed by atoms with E-state index < -0.39 is 0 Å². The minimum Gasteiger partial charge on any atom is -0.329 e. The molecule has 3 aromatic carbocycles. The Morgan fingerprint density at radius 1 is 0.909 bits per heavy atom. The normalized spacial score (nSPS) is 10.7. The Morgan fingerprint density at radius 2 is 1.61 bits per heavy atom. The van der Waals surface area contributed by atoms with Gasteiger partial charge in [-0.15, -0.1) is 0 Å². The van der Waals surface area contributed by atoms with E-state index in [0.29, 0.717) is 18.5 Å². The van der Waals surface area contributed by atoms with E-state index in [0.717, 1.165) is 52.2 Å². The maximum atomic E-state index is 12.9. The fourth-order valence-electron chi connectivity index (χ4n) is 4.19. The molecule has 0 aliphatic heterocycles. The highest BCUT2D eigenvalue weighted by atomic mass is 16.1. The minimum absolute atomic E-state index is 0.125. The van der Waals surface area contributed by atoms with Crippen molar-refractivity contribution in [2.75, 3.05) is 0 Å². The van der Waals surface area contributed by atoms with Gasteiger partial charge in [0.05, 0.1) is 11.6 Å². The minimum atomic E-state index is -0.125. The van der Waals surface area contributed by atoms with Gasteiger partial charge in [-0.25, -0.2) is 0 Å². The highest BCUT2D eigenvalue weighted by molar-refractivity contribution is 5.70. The lowest BCUT2D eigenvalue weighted by Gasteiger charge is -2.19. The highest BCUT2D eigenvalue weighted by Gasteiger charge is 2.15. The molecule has 0 bridgehead atoms. The maximum absolute atomic E-state index is 12.9. The molecular formula is C29H27N3O. The van der Waals surface area contributed by atoms with Crippen molar-refractivity contribution in [2.24, 2.45) is 0 Å². The summed E-state index contributed by atoms with van der Waals surface area (Å²) in [6.45, 7) is 4.78. The molecule has 4 aromatic rings. The highest BCUT2D eigenvalue weighted by Crippen LogP contribution is 2.24. The molecule has 4 heteroatoms. The molecule has 0 unspecified atom stereocenters. The van der Waals surface area contributed by atoms with Gasteiger partial charge >= 0.3 is 0 Å². The smallest absolute Gasteiger partial charge is 0.276 e. The summed E-state index contributed by atoms with van der Waals surface area (Å²) in [4.78, 5) is 17.3. The number of hydrogen-bond donors (Lipinski definition) is 0. The topological polar surface area (TPSA) is 58.7 Å². The van der Waals surface area contributed by atoms with E-state index in [-0.39, 0.29) is 5.56 Å². The summed E-state index contributed by atoms with van der Waals surface area (Å²) in [7, 11) is 0. The molecule has 0 atom stereocenters. The van der Waals surface area contributed by atoms with Gasteiger partial charge in [0.2, 0.25) is 0 Å². The molecule has 1 aromatic heterocycles. The van der Waals surface area contributed by atoms with Gasteiger partial charge in [-0.1, -0.05) is 79.7 Å². The summed E-state index contributed by atoms with van der Waals surface area (Å²) in [6.07, 6.45) is 2.26. The zero-order valence-electron chi connectivity index (χ0n) is 19.1. The van der Waals surface area contributed by atoms with Crippen molar-refractivity contribution >= 4 is 0 Å². The van der Waals surface area contributed by atoms with E-state index >= 15 is 0 Å². The first kappa shape index (κ1) is 22.2. The van der Waals surface area contributed by atoms with Crippen molar-refractivity contribution in [1.29, 1.82) is 5.26 Å². The summed E-state index contributed by atoms with van der Waals surface area (Å²) in [5.74, 6) is 0.829. The lowest BCUT2D eigenvalue weighted by atomic mass is 9.99. The van der Waals surface area contributed by atoms with Gasteiger partial charge in [0.15, 0.2) is 0 Å². The fourth-order valence-corrected chi connectivity index (χ4v) is 4.19. The van der Waals surface area contributed by atoms with Gasteiger partial charge in [-0.3, -0.25) is 4.79 Å². The number of nitriles is 1. The van der Waals surface area contributed by atoms with E-state index in [4.69, 9.17) is 0 Å². The molecule has 164 valence electrons. The van der Waals surface area contributed by atoms with E-state index in [1.54, 1.807) is 0 Å². The predicted octanol–water partition coefficient (Wildman–Crippen LogP) is 5.68. The van der Waals surface area contributed by atoms with Gasteiger partial charge < -0.3 is 4.57 Å². The van der Waals surface area contributed by atoms with Crippen LogP contribution in [0.5, 0.6) is 0 Å². The Morgan fingerprint density at radius 3 is 2.30 bits per heavy atom. The monoisotopic (exact) mass is 433 g/mol. The van der Waals surface area contributed by atoms with Crippen LogP contribution in [0.3, 0.4) is 0 Å². The third-order valence-corrected chi connectivity index (χ3v) is 5.99. The molecule has 0 aliphatic rings. The molecule has 0 spiro atoms. The van der Waals surface area contributed by atoms with Gasteiger partial charge in [0, 0.05) is 30.6 Å². The zero-order chi connectivity index (χ0) is 23.2. The average molecular weight is 434 g/mol. The number of rotatable bonds is 7. The van der Waals surface area contributed by atoms with Gasteiger partial charge in [-0.05, 0) is 41.7 Å². The summed E-state index contributed by atoms with van der Waals surface area (Å²) in [5.41, 5.74) is 6.45. The molecule has 0 saturated carbocycles. The maximum Gasteiger partial charge on any atom is 0.276 e. The second-order valence-electron chi connectivity index (χ2n) is 8.25. The number of hydrogen-bond acceptors (Lipinski definition) is 3. The lowest BCUT2D eigenvalue weighted by Crippen LogP contribution is -2.25. The largest absolute Gasteiger partial charge is 0.329 e. The number of nitrogens with zero attached hydrogens (tertiary/aromatic N) is 3. The quantitative estimate of drug-likeness (QED) is 0.377. The molecule has 4 rings (SSSR count). The SMILES string of the molecule is CCCc1nc(=O)c(Cc2ccccc2)c(C)n1Cc1ccc(-c2ccccc2C#N)cc1. The average Bonchev–Trinajstić information content (AvgIpc) is 2.85. The molecule has 0 radical (unpaired) electrons. The van der Waals surface area contributed by atoms with Crippen molar-refractivity contribution in [3.8, 4) is 17.2 Å². The van der Waals surface area contributed by atoms with E-state index in [1.807, 2.05) is 61.5 Å². The zero-order valence-corrected chi connectivity index (χ0v) is 19.1. The van der Waals surface area contributed by atoms with Crippen molar-refractivity contribution in [3.63, 3.8) is 0 Å². The van der Waals surface area contributed by atoms with E-state index in [1.165, 1.54) is 0 Å². The van der Waals surface area contributed by atoms with Gasteiger partial charge in [0.25, 0.3) is 5.56 Å². The number of benzene rings is 3. The van der Waals surface area contributed by atoms with Crippen LogP contribution in [-0.4, -0.2) is 9.55 Å². The van der Waals surface area contributed by atoms with Gasteiger partial charge in [-0.2, -0.15) is 10.2 Å². The van der Waals surface area contributed by atoms with Crippen LogP contribution >= 0.6 is 0 Å². The van der Waals surface area contributed by atoms with Crippen molar-refractivity contribution in [3.05, 3.63) is 123 Å². The fraction of sp³-hybridized carbons (Fsp3) is 0.207. The number of aryl methyl sites for hydroxylation is 1. The van der Waals surface area contributed by atoms with Crippen molar-refractivity contribution in [1.82, 2.24) is 9.55 Å². The Hall–Kier alpha value is -3.97. The van der Waals surface area contributed by atoms with Crippen LogP contribution in [-0.2, 0) is 19.4 Å². The summed E-state index contributed by atoms with van der Waals surface area (Å²) < 4.78 is 2.18. The molecule has 1 heterocycles. The standard InChI is InChI=1S/C29H27N3O/c1-3-9-28-31-29(33)27(18-22-10-5-4-6-11-22)21(2)32(28)20-23-14-16-24(17-15-23)26-13-8-7-12-25(26)19-30/h4-8,10-17H,3,9,18,20H2,1-2H3. The van der Waals surface area contributed by atoms with E-state index in [2.05, 4.69) is 46.8 Å². The van der Waals surface area contributed by atoms with Crippen LogP contribution in [0.1, 0.15) is 47.1 Å². The summed E-state index contributed by atoms with van der Waals surface area (Å²) in [5, 5.41) is 9.41. The number of aromatic nitrogens is 2. The molecule has 0 amide bonds. The van der Waals surface area contributed by atoms with Crippen LogP contribution in [0.4, 0.5) is 0 Å². The van der Waals surface area contributed by atoms with E-state index in [9.17, 15) is 10.1 Å². The molecule has 0 fully saturated rings. The lowest BCUT2D eigenvalue weighted by molar-refractivity contribution is 0.641. The molecule has 4 nitrogen and oxygen atoms in total.